The third kappa shape index (κ3) is 4.70. The highest BCUT2D eigenvalue weighted by Gasteiger charge is 2.11. The fourth-order valence-electron chi connectivity index (χ4n) is 2.61. The summed E-state index contributed by atoms with van der Waals surface area (Å²) in [6.45, 7) is 5.15. The number of hydrogen-bond acceptors (Lipinski definition) is 4. The number of hydrogen-bond donors (Lipinski definition) is 1. The molecule has 2 aromatic heterocycles. The van der Waals surface area contributed by atoms with Crippen LogP contribution in [0.25, 0.3) is 0 Å². The van der Waals surface area contributed by atoms with Gasteiger partial charge in [0.15, 0.2) is 0 Å². The summed E-state index contributed by atoms with van der Waals surface area (Å²) in [4.78, 5) is 18.4. The number of ether oxygens (including phenoxy) is 1. The quantitative estimate of drug-likeness (QED) is 0.669. The molecule has 5 heteroatoms. The van der Waals surface area contributed by atoms with Crippen molar-refractivity contribution in [2.24, 2.45) is 0 Å². The van der Waals surface area contributed by atoms with Gasteiger partial charge in [-0.15, -0.1) is 11.3 Å². The maximum Gasteiger partial charge on any atom is 0.261 e. The first-order valence-electron chi connectivity index (χ1n) is 8.64. The van der Waals surface area contributed by atoms with Gasteiger partial charge >= 0.3 is 0 Å². The Kier molecular flexibility index (Phi) is 6.02. The van der Waals surface area contributed by atoms with E-state index in [2.05, 4.69) is 24.1 Å². The van der Waals surface area contributed by atoms with Crippen LogP contribution >= 0.6 is 11.3 Å². The Balaban J connectivity index is 1.51. The molecule has 0 bridgehead atoms. The molecule has 0 saturated heterocycles. The smallest absolute Gasteiger partial charge is 0.261 e. The van der Waals surface area contributed by atoms with Crippen LogP contribution in [0.3, 0.4) is 0 Å². The molecule has 2 heterocycles. The number of pyridine rings is 1. The van der Waals surface area contributed by atoms with Gasteiger partial charge in [-0.1, -0.05) is 25.1 Å². The van der Waals surface area contributed by atoms with Gasteiger partial charge in [-0.3, -0.25) is 9.78 Å². The van der Waals surface area contributed by atoms with E-state index >= 15 is 0 Å². The first-order chi connectivity index (χ1) is 12.7. The normalized spacial score (nSPS) is 10.5. The number of amides is 1. The van der Waals surface area contributed by atoms with Crippen molar-refractivity contribution in [2.75, 3.05) is 0 Å². The predicted octanol–water partition coefficient (Wildman–Crippen LogP) is 4.52. The highest BCUT2D eigenvalue weighted by atomic mass is 32.1. The molecule has 3 rings (SSSR count). The molecule has 134 valence electrons. The van der Waals surface area contributed by atoms with Gasteiger partial charge in [-0.05, 0) is 48.7 Å². The van der Waals surface area contributed by atoms with Crippen molar-refractivity contribution in [2.45, 2.75) is 33.4 Å². The van der Waals surface area contributed by atoms with E-state index in [4.69, 9.17) is 4.74 Å². The Morgan fingerprint density at radius 2 is 2.00 bits per heavy atom. The van der Waals surface area contributed by atoms with Crippen LogP contribution < -0.4 is 10.1 Å². The minimum Gasteiger partial charge on any atom is -0.489 e. The number of nitrogens with one attached hydrogen (secondary N) is 1. The summed E-state index contributed by atoms with van der Waals surface area (Å²) in [5, 5.41) is 2.98. The van der Waals surface area contributed by atoms with Crippen LogP contribution in [-0.2, 0) is 19.6 Å². The van der Waals surface area contributed by atoms with Crippen LogP contribution in [0.4, 0.5) is 0 Å². The third-order valence-electron chi connectivity index (χ3n) is 4.13. The van der Waals surface area contributed by atoms with Gasteiger partial charge in [-0.25, -0.2) is 0 Å². The van der Waals surface area contributed by atoms with E-state index < -0.39 is 0 Å². The lowest BCUT2D eigenvalue weighted by molar-refractivity contribution is 0.0955. The molecule has 0 radical (unpaired) electrons. The fourth-order valence-corrected chi connectivity index (χ4v) is 3.64. The fraction of sp³-hybridized carbons (Fsp3) is 0.238. The Morgan fingerprint density at radius 1 is 1.19 bits per heavy atom. The highest BCUT2D eigenvalue weighted by Crippen LogP contribution is 2.22. The van der Waals surface area contributed by atoms with Crippen LogP contribution in [0, 0.1) is 6.92 Å². The Labute approximate surface area is 157 Å². The van der Waals surface area contributed by atoms with E-state index in [9.17, 15) is 4.79 Å². The average molecular weight is 366 g/mol. The molecule has 0 atom stereocenters. The number of thiophene rings is 1. The van der Waals surface area contributed by atoms with Gasteiger partial charge in [0.25, 0.3) is 5.91 Å². The number of nitrogens with zero attached hydrogens (tertiary/aromatic N) is 1. The topological polar surface area (TPSA) is 51.2 Å². The van der Waals surface area contributed by atoms with Crippen LogP contribution in [-0.4, -0.2) is 10.9 Å². The zero-order chi connectivity index (χ0) is 18.4. The number of rotatable bonds is 7. The molecule has 0 aliphatic heterocycles. The second kappa shape index (κ2) is 8.63. The van der Waals surface area contributed by atoms with Crippen molar-refractivity contribution >= 4 is 17.2 Å². The van der Waals surface area contributed by atoms with E-state index in [1.165, 1.54) is 10.4 Å². The first-order valence-corrected chi connectivity index (χ1v) is 9.45. The van der Waals surface area contributed by atoms with Gasteiger partial charge in [0, 0.05) is 29.4 Å². The largest absolute Gasteiger partial charge is 0.489 e. The summed E-state index contributed by atoms with van der Waals surface area (Å²) in [6, 6.07) is 13.6. The molecule has 1 N–H and O–H groups in total. The van der Waals surface area contributed by atoms with E-state index in [1.807, 2.05) is 42.5 Å². The molecule has 26 heavy (non-hydrogen) atoms. The van der Waals surface area contributed by atoms with E-state index in [1.54, 1.807) is 23.7 Å². The number of aromatic nitrogens is 1. The van der Waals surface area contributed by atoms with Crippen LogP contribution in [0.5, 0.6) is 5.75 Å². The first kappa shape index (κ1) is 18.1. The lowest BCUT2D eigenvalue weighted by Gasteiger charge is -2.08. The third-order valence-corrected chi connectivity index (χ3v) is 5.22. The summed E-state index contributed by atoms with van der Waals surface area (Å²) in [5.41, 5.74) is 3.31. The highest BCUT2D eigenvalue weighted by molar-refractivity contribution is 7.14. The Bertz CT molecular complexity index is 857. The van der Waals surface area contributed by atoms with E-state index in [0.29, 0.717) is 13.2 Å². The van der Waals surface area contributed by atoms with Crippen molar-refractivity contribution in [3.8, 4) is 5.75 Å². The van der Waals surface area contributed by atoms with Gasteiger partial charge < -0.3 is 10.1 Å². The minimum absolute atomic E-state index is 0.0188. The van der Waals surface area contributed by atoms with Gasteiger partial charge in [0.2, 0.25) is 0 Å². The average Bonchev–Trinajstić information content (AvgIpc) is 3.07. The number of carbonyl (C=O) groups is 1. The van der Waals surface area contributed by atoms with Crippen molar-refractivity contribution in [1.29, 1.82) is 0 Å². The minimum atomic E-state index is -0.0188. The lowest BCUT2D eigenvalue weighted by atomic mass is 10.2. The number of carbonyl (C=O) groups excluding carboxylic acids is 1. The van der Waals surface area contributed by atoms with Gasteiger partial charge in [0.1, 0.15) is 12.4 Å². The standard InChI is InChI=1S/C21H22N2O2S/c1-3-18-11-20(26-15(18)2)21(24)23-13-16-6-8-19(9-7-16)25-14-17-5-4-10-22-12-17/h4-12H,3,13-14H2,1-2H3,(H,23,24). The van der Waals surface area contributed by atoms with Gasteiger partial charge in [-0.2, -0.15) is 0 Å². The molecule has 1 aromatic carbocycles. The van der Waals surface area contributed by atoms with E-state index in [-0.39, 0.29) is 5.91 Å². The second-order valence-corrected chi connectivity index (χ2v) is 7.28. The SMILES string of the molecule is CCc1cc(C(=O)NCc2ccc(OCc3cccnc3)cc2)sc1C. The molecular weight excluding hydrogens is 344 g/mol. The zero-order valence-corrected chi connectivity index (χ0v) is 15.8. The summed E-state index contributed by atoms with van der Waals surface area (Å²) in [7, 11) is 0. The maximum absolute atomic E-state index is 12.3. The van der Waals surface area contributed by atoms with Crippen molar-refractivity contribution in [3.05, 3.63) is 81.3 Å². The Hall–Kier alpha value is -2.66. The van der Waals surface area contributed by atoms with Crippen LogP contribution in [0.15, 0.2) is 54.9 Å². The van der Waals surface area contributed by atoms with Crippen LogP contribution in [0.1, 0.15) is 38.2 Å². The monoisotopic (exact) mass is 366 g/mol. The zero-order valence-electron chi connectivity index (χ0n) is 15.0. The Morgan fingerprint density at radius 3 is 2.65 bits per heavy atom. The van der Waals surface area contributed by atoms with E-state index in [0.717, 1.165) is 28.2 Å². The summed E-state index contributed by atoms with van der Waals surface area (Å²) >= 11 is 1.55. The van der Waals surface area contributed by atoms with Crippen LogP contribution in [0.2, 0.25) is 0 Å². The molecular formula is C21H22N2O2S. The molecule has 0 fully saturated rings. The second-order valence-electron chi connectivity index (χ2n) is 6.02. The summed E-state index contributed by atoms with van der Waals surface area (Å²) in [6.07, 6.45) is 4.49. The molecule has 4 nitrogen and oxygen atoms in total. The maximum atomic E-state index is 12.3. The molecule has 0 saturated carbocycles. The molecule has 0 spiro atoms. The molecule has 1 amide bonds. The predicted molar refractivity (Wildman–Crippen MR) is 105 cm³/mol. The van der Waals surface area contributed by atoms with Crippen molar-refractivity contribution in [1.82, 2.24) is 10.3 Å². The van der Waals surface area contributed by atoms with Crippen molar-refractivity contribution in [3.63, 3.8) is 0 Å². The lowest BCUT2D eigenvalue weighted by Crippen LogP contribution is -2.21. The molecule has 3 aromatic rings. The number of benzene rings is 1. The molecule has 0 aliphatic carbocycles. The molecule has 0 aliphatic rings. The van der Waals surface area contributed by atoms with Crippen molar-refractivity contribution < 1.29 is 9.53 Å². The molecule has 0 unspecified atom stereocenters. The summed E-state index contributed by atoms with van der Waals surface area (Å²) in [5.74, 6) is 0.778. The summed E-state index contributed by atoms with van der Waals surface area (Å²) < 4.78 is 5.74. The van der Waals surface area contributed by atoms with Gasteiger partial charge in [0.05, 0.1) is 4.88 Å². The number of aryl methyl sites for hydroxylation is 2.